The van der Waals surface area contributed by atoms with Gasteiger partial charge in [-0.25, -0.2) is 4.98 Å². The molecular weight excluding hydrogens is 222 g/mol. The summed E-state index contributed by atoms with van der Waals surface area (Å²) in [6.07, 6.45) is 4.45. The van der Waals surface area contributed by atoms with Gasteiger partial charge in [-0.05, 0) is 37.3 Å². The number of hydrogen-bond acceptors (Lipinski definition) is 3. The minimum atomic E-state index is 0.481. The summed E-state index contributed by atoms with van der Waals surface area (Å²) in [5.74, 6) is 1.66. The molecule has 88 valence electrons. The number of aromatic nitrogens is 1. The van der Waals surface area contributed by atoms with E-state index in [1.54, 1.807) is 6.20 Å². The average molecular weight is 240 g/mol. The SMILES string of the molecule is CC(C1CC1)N(C)c1ncc(CN)cc1Cl. The normalized spacial score (nSPS) is 17.2. The van der Waals surface area contributed by atoms with Gasteiger partial charge in [-0.1, -0.05) is 11.6 Å². The van der Waals surface area contributed by atoms with Crippen molar-refractivity contribution in [2.24, 2.45) is 11.7 Å². The van der Waals surface area contributed by atoms with Crippen LogP contribution < -0.4 is 10.6 Å². The largest absolute Gasteiger partial charge is 0.355 e. The lowest BCUT2D eigenvalue weighted by Gasteiger charge is -2.26. The topological polar surface area (TPSA) is 42.2 Å². The fourth-order valence-electron chi connectivity index (χ4n) is 1.93. The molecule has 1 heterocycles. The molecule has 1 saturated carbocycles. The first-order valence-electron chi connectivity index (χ1n) is 5.70. The molecule has 0 saturated heterocycles. The number of halogens is 1. The van der Waals surface area contributed by atoms with Crippen molar-refractivity contribution in [2.45, 2.75) is 32.4 Å². The van der Waals surface area contributed by atoms with Gasteiger partial charge in [0, 0.05) is 25.8 Å². The van der Waals surface area contributed by atoms with E-state index in [0.717, 1.165) is 17.3 Å². The van der Waals surface area contributed by atoms with Gasteiger partial charge in [0.2, 0.25) is 0 Å². The van der Waals surface area contributed by atoms with E-state index in [0.29, 0.717) is 17.6 Å². The molecule has 16 heavy (non-hydrogen) atoms. The summed E-state index contributed by atoms with van der Waals surface area (Å²) < 4.78 is 0. The van der Waals surface area contributed by atoms with Crippen LogP contribution in [0.1, 0.15) is 25.3 Å². The van der Waals surface area contributed by atoms with Gasteiger partial charge in [0.15, 0.2) is 0 Å². The molecule has 4 heteroatoms. The van der Waals surface area contributed by atoms with Gasteiger partial charge in [-0.15, -0.1) is 0 Å². The molecule has 2 rings (SSSR count). The molecule has 2 N–H and O–H groups in total. The first kappa shape index (κ1) is 11.7. The molecule has 1 aromatic rings. The Morgan fingerprint density at radius 2 is 2.31 bits per heavy atom. The average Bonchev–Trinajstić information content (AvgIpc) is 3.10. The minimum absolute atomic E-state index is 0.481. The highest BCUT2D eigenvalue weighted by molar-refractivity contribution is 6.33. The Bertz CT molecular complexity index is 377. The molecule has 1 fully saturated rings. The summed E-state index contributed by atoms with van der Waals surface area (Å²) in [5, 5.41) is 0.693. The Morgan fingerprint density at radius 1 is 1.62 bits per heavy atom. The van der Waals surface area contributed by atoms with E-state index in [1.165, 1.54) is 12.8 Å². The highest BCUT2D eigenvalue weighted by Gasteiger charge is 2.31. The lowest BCUT2D eigenvalue weighted by molar-refractivity contribution is 0.604. The van der Waals surface area contributed by atoms with Crippen LogP contribution in [-0.2, 0) is 6.54 Å². The molecule has 0 aromatic carbocycles. The van der Waals surface area contributed by atoms with E-state index in [4.69, 9.17) is 17.3 Å². The fourth-order valence-corrected chi connectivity index (χ4v) is 2.25. The van der Waals surface area contributed by atoms with E-state index in [2.05, 4.69) is 23.9 Å². The summed E-state index contributed by atoms with van der Waals surface area (Å²) in [6, 6.07) is 2.41. The number of nitrogens with zero attached hydrogens (tertiary/aromatic N) is 2. The molecule has 1 atom stereocenters. The molecule has 1 aliphatic rings. The summed E-state index contributed by atoms with van der Waals surface area (Å²) in [4.78, 5) is 6.56. The van der Waals surface area contributed by atoms with Crippen LogP contribution in [0.5, 0.6) is 0 Å². The number of rotatable bonds is 4. The van der Waals surface area contributed by atoms with Crippen LogP contribution >= 0.6 is 11.6 Å². The standard InChI is InChI=1S/C12H18ClN3/c1-8(10-3-4-10)16(2)12-11(13)5-9(6-14)7-15-12/h5,7-8,10H,3-4,6,14H2,1-2H3. The van der Waals surface area contributed by atoms with E-state index in [1.807, 2.05) is 6.07 Å². The minimum Gasteiger partial charge on any atom is -0.355 e. The second-order valence-corrected chi connectivity index (χ2v) is 4.95. The third-order valence-corrected chi connectivity index (χ3v) is 3.64. The second kappa shape index (κ2) is 4.60. The van der Waals surface area contributed by atoms with Crippen LogP contribution in [0.3, 0.4) is 0 Å². The van der Waals surface area contributed by atoms with Gasteiger partial charge >= 0.3 is 0 Å². The third kappa shape index (κ3) is 2.30. The summed E-state index contributed by atoms with van der Waals surface area (Å²) in [7, 11) is 2.05. The predicted octanol–water partition coefficient (Wildman–Crippen LogP) is 2.43. The zero-order valence-corrected chi connectivity index (χ0v) is 10.5. The Balaban J connectivity index is 2.18. The quantitative estimate of drug-likeness (QED) is 0.878. The molecule has 3 nitrogen and oxygen atoms in total. The van der Waals surface area contributed by atoms with Gasteiger partial charge in [-0.3, -0.25) is 0 Å². The molecule has 0 bridgehead atoms. The molecule has 0 aliphatic heterocycles. The predicted molar refractivity (Wildman–Crippen MR) is 67.7 cm³/mol. The maximum Gasteiger partial charge on any atom is 0.147 e. The first-order chi connectivity index (χ1) is 7.63. The zero-order valence-electron chi connectivity index (χ0n) is 9.78. The highest BCUT2D eigenvalue weighted by Crippen LogP contribution is 2.37. The van der Waals surface area contributed by atoms with Crippen molar-refractivity contribution in [3.8, 4) is 0 Å². The highest BCUT2D eigenvalue weighted by atomic mass is 35.5. The first-order valence-corrected chi connectivity index (χ1v) is 6.08. The summed E-state index contributed by atoms with van der Waals surface area (Å²) in [6.45, 7) is 2.71. The van der Waals surface area contributed by atoms with Gasteiger partial charge in [-0.2, -0.15) is 0 Å². The van der Waals surface area contributed by atoms with Gasteiger partial charge in [0.05, 0.1) is 5.02 Å². The second-order valence-electron chi connectivity index (χ2n) is 4.54. The van der Waals surface area contributed by atoms with Crippen molar-refractivity contribution in [1.29, 1.82) is 0 Å². The number of hydrogen-bond donors (Lipinski definition) is 1. The Morgan fingerprint density at radius 3 is 2.81 bits per heavy atom. The van der Waals surface area contributed by atoms with Crippen LogP contribution in [0, 0.1) is 5.92 Å². The van der Waals surface area contributed by atoms with E-state index in [9.17, 15) is 0 Å². The lowest BCUT2D eigenvalue weighted by atomic mass is 10.2. The van der Waals surface area contributed by atoms with Crippen LogP contribution in [0.2, 0.25) is 5.02 Å². The fraction of sp³-hybridized carbons (Fsp3) is 0.583. The van der Waals surface area contributed by atoms with Crippen LogP contribution in [0.15, 0.2) is 12.3 Å². The molecule has 1 aromatic heterocycles. The van der Waals surface area contributed by atoms with Crippen molar-refractivity contribution >= 4 is 17.4 Å². The van der Waals surface area contributed by atoms with Crippen molar-refractivity contribution in [2.75, 3.05) is 11.9 Å². The third-order valence-electron chi connectivity index (χ3n) is 3.36. The van der Waals surface area contributed by atoms with Crippen molar-refractivity contribution in [3.63, 3.8) is 0 Å². The van der Waals surface area contributed by atoms with Crippen molar-refractivity contribution in [3.05, 3.63) is 22.8 Å². The molecular formula is C12H18ClN3. The van der Waals surface area contributed by atoms with Crippen LogP contribution in [-0.4, -0.2) is 18.1 Å². The lowest BCUT2D eigenvalue weighted by Crippen LogP contribution is -2.31. The van der Waals surface area contributed by atoms with Gasteiger partial charge in [0.1, 0.15) is 5.82 Å². The maximum absolute atomic E-state index is 6.21. The van der Waals surface area contributed by atoms with Crippen molar-refractivity contribution < 1.29 is 0 Å². The Hall–Kier alpha value is -0.800. The van der Waals surface area contributed by atoms with E-state index >= 15 is 0 Å². The Kier molecular flexibility index (Phi) is 3.36. The van der Waals surface area contributed by atoms with Crippen LogP contribution in [0.25, 0.3) is 0 Å². The van der Waals surface area contributed by atoms with Gasteiger partial charge < -0.3 is 10.6 Å². The van der Waals surface area contributed by atoms with Crippen molar-refractivity contribution in [1.82, 2.24) is 4.98 Å². The molecule has 0 spiro atoms. The maximum atomic E-state index is 6.21. The van der Waals surface area contributed by atoms with E-state index < -0.39 is 0 Å². The van der Waals surface area contributed by atoms with Crippen LogP contribution in [0.4, 0.5) is 5.82 Å². The number of pyridine rings is 1. The smallest absolute Gasteiger partial charge is 0.147 e. The van der Waals surface area contributed by atoms with E-state index in [-0.39, 0.29) is 0 Å². The monoisotopic (exact) mass is 239 g/mol. The molecule has 1 aliphatic carbocycles. The number of anilines is 1. The Labute approximate surface area is 102 Å². The molecule has 1 unspecified atom stereocenters. The van der Waals surface area contributed by atoms with Gasteiger partial charge in [0.25, 0.3) is 0 Å². The molecule has 0 amide bonds. The molecule has 0 radical (unpaired) electrons. The zero-order chi connectivity index (χ0) is 11.7. The summed E-state index contributed by atoms with van der Waals surface area (Å²) in [5.41, 5.74) is 6.52. The number of nitrogens with two attached hydrogens (primary N) is 1. The summed E-state index contributed by atoms with van der Waals surface area (Å²) >= 11 is 6.21.